The summed E-state index contributed by atoms with van der Waals surface area (Å²) in [4.78, 5) is 6.67. The van der Waals surface area contributed by atoms with Crippen molar-refractivity contribution in [1.82, 2.24) is 14.9 Å². The van der Waals surface area contributed by atoms with Gasteiger partial charge in [0.15, 0.2) is 5.11 Å². The van der Waals surface area contributed by atoms with E-state index in [1.54, 1.807) is 12.3 Å². The van der Waals surface area contributed by atoms with Crippen LogP contribution in [0.4, 0.5) is 11.4 Å². The van der Waals surface area contributed by atoms with E-state index < -0.39 is 10.0 Å². The predicted octanol–water partition coefficient (Wildman–Crippen LogP) is 4.32. The first-order chi connectivity index (χ1) is 15.1. The molecule has 1 aliphatic heterocycles. The molecular weight excluding hydrogens is 442 g/mol. The van der Waals surface area contributed by atoms with E-state index in [9.17, 15) is 8.42 Å². The molecule has 2 aromatic heterocycles. The van der Waals surface area contributed by atoms with Crippen LogP contribution in [0.25, 0.3) is 0 Å². The molecule has 0 amide bonds. The molecule has 4 rings (SSSR count). The molecule has 0 aliphatic carbocycles. The van der Waals surface area contributed by atoms with Gasteiger partial charge in [0.2, 0.25) is 10.0 Å². The quantitative estimate of drug-likeness (QED) is 0.524. The number of rotatable bonds is 6. The van der Waals surface area contributed by atoms with Crippen LogP contribution in [0.2, 0.25) is 0 Å². The molecule has 3 heterocycles. The van der Waals surface area contributed by atoms with Gasteiger partial charge < -0.3 is 14.8 Å². The SMILES string of the molecule is Cc1cc(N2C(=S)NC(c3ccccn3)C2c2ccn(C(C)C)c2)ccc1NS(C)(=O)=O. The molecule has 0 saturated carbocycles. The number of aromatic nitrogens is 2. The van der Waals surface area contributed by atoms with Gasteiger partial charge in [0.05, 0.1) is 29.7 Å². The van der Waals surface area contributed by atoms with Crippen LogP contribution in [0.3, 0.4) is 0 Å². The van der Waals surface area contributed by atoms with Crippen LogP contribution in [0.5, 0.6) is 0 Å². The molecule has 0 radical (unpaired) electrons. The third-order valence-corrected chi connectivity index (χ3v) is 6.46. The second-order valence-electron chi connectivity index (χ2n) is 8.36. The Labute approximate surface area is 194 Å². The van der Waals surface area contributed by atoms with Crippen molar-refractivity contribution in [2.45, 2.75) is 38.9 Å². The van der Waals surface area contributed by atoms with Crippen molar-refractivity contribution in [3.63, 3.8) is 0 Å². The van der Waals surface area contributed by atoms with Gasteiger partial charge >= 0.3 is 0 Å². The molecule has 1 aromatic carbocycles. The molecule has 1 aliphatic rings. The molecule has 3 aromatic rings. The minimum Gasteiger partial charge on any atom is -0.351 e. The normalized spacial score (nSPS) is 18.8. The monoisotopic (exact) mass is 469 g/mol. The number of hydrogen-bond acceptors (Lipinski definition) is 4. The van der Waals surface area contributed by atoms with E-state index in [2.05, 4.69) is 56.8 Å². The number of sulfonamides is 1. The van der Waals surface area contributed by atoms with E-state index in [0.29, 0.717) is 16.8 Å². The summed E-state index contributed by atoms with van der Waals surface area (Å²) >= 11 is 5.77. The van der Waals surface area contributed by atoms with E-state index in [4.69, 9.17) is 12.2 Å². The highest BCUT2D eigenvalue weighted by atomic mass is 32.2. The number of nitrogens with one attached hydrogen (secondary N) is 2. The number of anilines is 2. The maximum atomic E-state index is 11.7. The average molecular weight is 470 g/mol. The molecule has 7 nitrogen and oxygen atoms in total. The fraction of sp³-hybridized carbons (Fsp3) is 0.304. The average Bonchev–Trinajstić information content (AvgIpc) is 3.34. The Kier molecular flexibility index (Phi) is 5.96. The van der Waals surface area contributed by atoms with E-state index in [1.807, 2.05) is 37.3 Å². The molecule has 1 fully saturated rings. The Bertz CT molecular complexity index is 1240. The van der Waals surface area contributed by atoms with Gasteiger partial charge in [0, 0.05) is 30.3 Å². The summed E-state index contributed by atoms with van der Waals surface area (Å²) in [5.74, 6) is 0. The van der Waals surface area contributed by atoms with E-state index >= 15 is 0 Å². The van der Waals surface area contributed by atoms with Crippen molar-refractivity contribution in [2.24, 2.45) is 0 Å². The highest BCUT2D eigenvalue weighted by molar-refractivity contribution is 7.92. The summed E-state index contributed by atoms with van der Waals surface area (Å²) in [5.41, 5.74) is 4.29. The second kappa shape index (κ2) is 8.55. The zero-order valence-electron chi connectivity index (χ0n) is 18.5. The number of nitrogens with zero attached hydrogens (tertiary/aromatic N) is 3. The van der Waals surface area contributed by atoms with E-state index in [0.717, 1.165) is 28.8 Å². The maximum Gasteiger partial charge on any atom is 0.229 e. The van der Waals surface area contributed by atoms with Crippen LogP contribution in [0.15, 0.2) is 61.1 Å². The fourth-order valence-corrected chi connectivity index (χ4v) is 4.98. The minimum atomic E-state index is -3.36. The molecule has 2 unspecified atom stereocenters. The lowest BCUT2D eigenvalue weighted by atomic mass is 9.98. The molecule has 2 N–H and O–H groups in total. The van der Waals surface area contributed by atoms with Crippen molar-refractivity contribution < 1.29 is 8.42 Å². The van der Waals surface area contributed by atoms with Crippen LogP contribution in [0, 0.1) is 6.92 Å². The Hall–Kier alpha value is -2.91. The number of hydrogen-bond donors (Lipinski definition) is 2. The zero-order chi connectivity index (χ0) is 23.0. The second-order valence-corrected chi connectivity index (χ2v) is 10.5. The molecule has 0 spiro atoms. The van der Waals surface area contributed by atoms with Crippen molar-refractivity contribution in [3.8, 4) is 0 Å². The van der Waals surface area contributed by atoms with Crippen LogP contribution in [-0.2, 0) is 10.0 Å². The molecule has 2 atom stereocenters. The molecule has 32 heavy (non-hydrogen) atoms. The smallest absolute Gasteiger partial charge is 0.229 e. The lowest BCUT2D eigenvalue weighted by molar-refractivity contribution is 0.560. The van der Waals surface area contributed by atoms with Gasteiger partial charge in [-0.1, -0.05) is 6.07 Å². The molecular formula is C23H27N5O2S2. The lowest BCUT2D eigenvalue weighted by Crippen LogP contribution is -2.29. The summed E-state index contributed by atoms with van der Waals surface area (Å²) in [6.45, 7) is 6.17. The summed E-state index contributed by atoms with van der Waals surface area (Å²) in [6, 6.07) is 13.7. The molecule has 168 valence electrons. The van der Waals surface area contributed by atoms with Gasteiger partial charge in [0.25, 0.3) is 0 Å². The van der Waals surface area contributed by atoms with Crippen LogP contribution < -0.4 is 14.9 Å². The Balaban J connectivity index is 1.78. The Morgan fingerprint density at radius 3 is 2.56 bits per heavy atom. The highest BCUT2D eigenvalue weighted by Gasteiger charge is 2.41. The first kappa shape index (κ1) is 22.3. The van der Waals surface area contributed by atoms with E-state index in [-0.39, 0.29) is 12.1 Å². The summed E-state index contributed by atoms with van der Waals surface area (Å²) in [6.07, 6.45) is 7.17. The number of benzene rings is 1. The Morgan fingerprint density at radius 1 is 1.19 bits per heavy atom. The van der Waals surface area contributed by atoms with Crippen LogP contribution >= 0.6 is 12.2 Å². The highest BCUT2D eigenvalue weighted by Crippen LogP contribution is 2.42. The van der Waals surface area contributed by atoms with Gasteiger partial charge in [-0.3, -0.25) is 9.71 Å². The predicted molar refractivity (Wildman–Crippen MR) is 132 cm³/mol. The van der Waals surface area contributed by atoms with Gasteiger partial charge in [0.1, 0.15) is 0 Å². The topological polar surface area (TPSA) is 79.3 Å². The first-order valence-corrected chi connectivity index (χ1v) is 12.7. The van der Waals surface area contributed by atoms with E-state index in [1.165, 1.54) is 0 Å². The molecule has 1 saturated heterocycles. The van der Waals surface area contributed by atoms with Crippen molar-refractivity contribution in [1.29, 1.82) is 0 Å². The van der Waals surface area contributed by atoms with Crippen molar-refractivity contribution >= 4 is 38.7 Å². The van der Waals surface area contributed by atoms with Crippen LogP contribution in [-0.4, -0.2) is 29.3 Å². The van der Waals surface area contributed by atoms with Gasteiger partial charge in [-0.25, -0.2) is 8.42 Å². The standard InChI is InChI=1S/C23H27N5O2S2/c1-15(2)27-12-10-17(14-27)22-21(20-7-5-6-11-24-20)25-23(31)28(22)18-8-9-19(16(3)13-18)26-32(4,29)30/h5-15,21-22,26H,1-4H3,(H,25,31). The third-order valence-electron chi connectivity index (χ3n) is 5.56. The largest absolute Gasteiger partial charge is 0.351 e. The molecule has 9 heteroatoms. The third kappa shape index (κ3) is 4.49. The number of pyridine rings is 1. The van der Waals surface area contributed by atoms with Gasteiger partial charge in [-0.2, -0.15) is 0 Å². The Morgan fingerprint density at radius 2 is 1.97 bits per heavy atom. The van der Waals surface area contributed by atoms with Gasteiger partial charge in [-0.05, 0) is 80.5 Å². The lowest BCUT2D eigenvalue weighted by Gasteiger charge is -2.28. The summed E-state index contributed by atoms with van der Waals surface area (Å²) in [5, 5.41) is 4.06. The zero-order valence-corrected chi connectivity index (χ0v) is 20.1. The minimum absolute atomic E-state index is 0.106. The number of aryl methyl sites for hydroxylation is 1. The van der Waals surface area contributed by atoms with Crippen LogP contribution in [0.1, 0.15) is 48.8 Å². The maximum absolute atomic E-state index is 11.7. The van der Waals surface area contributed by atoms with Crippen molar-refractivity contribution in [2.75, 3.05) is 15.9 Å². The summed E-state index contributed by atoms with van der Waals surface area (Å²) < 4.78 is 28.1. The summed E-state index contributed by atoms with van der Waals surface area (Å²) in [7, 11) is -3.36. The van der Waals surface area contributed by atoms with Crippen molar-refractivity contribution in [3.05, 3.63) is 77.9 Å². The number of thiocarbonyl (C=S) groups is 1. The van der Waals surface area contributed by atoms with Gasteiger partial charge in [-0.15, -0.1) is 0 Å². The molecule has 0 bridgehead atoms. The first-order valence-electron chi connectivity index (χ1n) is 10.4. The fourth-order valence-electron chi connectivity index (χ4n) is 4.01.